The molecule has 0 aliphatic carbocycles. The standard InChI is InChI=1S/C25H26F3N3O/c1-15(2)22-21(13-29-14-30-22)18-10-17(11-19(12-18)23(32)31-24(3,4)5)16-6-8-20(9-7-16)25(26,27)28/h6-15H,1-5H3,(H,31,32). The van der Waals surface area contributed by atoms with Gasteiger partial charge in [-0.05, 0) is 73.7 Å². The Morgan fingerprint density at radius 3 is 2.12 bits per heavy atom. The molecule has 0 radical (unpaired) electrons. The summed E-state index contributed by atoms with van der Waals surface area (Å²) in [6.07, 6.45) is -1.24. The zero-order chi connectivity index (χ0) is 23.7. The molecule has 3 rings (SSSR count). The highest BCUT2D eigenvalue weighted by Gasteiger charge is 2.30. The van der Waals surface area contributed by atoms with E-state index < -0.39 is 17.3 Å². The molecule has 0 aliphatic heterocycles. The van der Waals surface area contributed by atoms with Crippen LogP contribution in [0.4, 0.5) is 13.2 Å². The number of hydrogen-bond acceptors (Lipinski definition) is 3. The predicted molar refractivity (Wildman–Crippen MR) is 119 cm³/mol. The van der Waals surface area contributed by atoms with Crippen molar-refractivity contribution in [3.05, 3.63) is 71.8 Å². The summed E-state index contributed by atoms with van der Waals surface area (Å²) >= 11 is 0. The SMILES string of the molecule is CC(C)c1ncncc1-c1cc(C(=O)NC(C)(C)C)cc(-c2ccc(C(F)(F)F)cc2)c1. The number of carbonyl (C=O) groups is 1. The van der Waals surface area contributed by atoms with E-state index in [1.807, 2.05) is 40.7 Å². The highest BCUT2D eigenvalue weighted by Crippen LogP contribution is 2.34. The van der Waals surface area contributed by atoms with Crippen LogP contribution in [-0.2, 0) is 6.18 Å². The molecule has 0 saturated carbocycles. The van der Waals surface area contributed by atoms with E-state index >= 15 is 0 Å². The molecule has 0 unspecified atom stereocenters. The first-order chi connectivity index (χ1) is 14.8. The minimum Gasteiger partial charge on any atom is -0.347 e. The van der Waals surface area contributed by atoms with Gasteiger partial charge < -0.3 is 5.32 Å². The van der Waals surface area contributed by atoms with E-state index in [0.29, 0.717) is 16.7 Å². The Balaban J connectivity index is 2.17. The molecular weight excluding hydrogens is 415 g/mol. The Morgan fingerprint density at radius 1 is 0.938 bits per heavy atom. The fraction of sp³-hybridized carbons (Fsp3) is 0.320. The van der Waals surface area contributed by atoms with Gasteiger partial charge in [-0.25, -0.2) is 9.97 Å². The number of alkyl halides is 3. The molecule has 168 valence electrons. The van der Waals surface area contributed by atoms with Gasteiger partial charge in [0.25, 0.3) is 5.91 Å². The molecule has 7 heteroatoms. The molecule has 2 aromatic carbocycles. The van der Waals surface area contributed by atoms with Gasteiger partial charge in [-0.3, -0.25) is 4.79 Å². The van der Waals surface area contributed by atoms with Crippen molar-refractivity contribution in [2.75, 3.05) is 0 Å². The second-order valence-corrected chi connectivity index (χ2v) is 9.05. The minimum atomic E-state index is -4.41. The molecule has 1 N–H and O–H groups in total. The smallest absolute Gasteiger partial charge is 0.347 e. The van der Waals surface area contributed by atoms with Crippen LogP contribution in [0.15, 0.2) is 55.0 Å². The van der Waals surface area contributed by atoms with E-state index in [-0.39, 0.29) is 11.8 Å². The van der Waals surface area contributed by atoms with Crippen LogP contribution in [-0.4, -0.2) is 21.4 Å². The fourth-order valence-corrected chi connectivity index (χ4v) is 3.37. The lowest BCUT2D eigenvalue weighted by Gasteiger charge is -2.21. The quantitative estimate of drug-likeness (QED) is 0.504. The average Bonchev–Trinajstić information content (AvgIpc) is 2.71. The third kappa shape index (κ3) is 5.52. The molecule has 32 heavy (non-hydrogen) atoms. The summed E-state index contributed by atoms with van der Waals surface area (Å²) in [7, 11) is 0. The summed E-state index contributed by atoms with van der Waals surface area (Å²) < 4.78 is 39.0. The van der Waals surface area contributed by atoms with Crippen LogP contribution in [0.2, 0.25) is 0 Å². The van der Waals surface area contributed by atoms with Crippen LogP contribution in [0, 0.1) is 0 Å². The second-order valence-electron chi connectivity index (χ2n) is 9.05. The number of amides is 1. The number of hydrogen-bond donors (Lipinski definition) is 1. The lowest BCUT2D eigenvalue weighted by molar-refractivity contribution is -0.137. The molecule has 3 aromatic rings. The molecule has 0 atom stereocenters. The van der Waals surface area contributed by atoms with Crippen molar-refractivity contribution in [1.29, 1.82) is 0 Å². The van der Waals surface area contributed by atoms with E-state index in [1.165, 1.54) is 18.5 Å². The highest BCUT2D eigenvalue weighted by molar-refractivity contribution is 5.97. The van der Waals surface area contributed by atoms with Gasteiger partial charge in [0, 0.05) is 22.9 Å². The first-order valence-electron chi connectivity index (χ1n) is 10.3. The van der Waals surface area contributed by atoms with Crippen molar-refractivity contribution in [3.8, 4) is 22.3 Å². The lowest BCUT2D eigenvalue weighted by Crippen LogP contribution is -2.40. The van der Waals surface area contributed by atoms with E-state index in [9.17, 15) is 18.0 Å². The molecule has 0 aliphatic rings. The zero-order valence-corrected chi connectivity index (χ0v) is 18.7. The highest BCUT2D eigenvalue weighted by atomic mass is 19.4. The number of rotatable bonds is 4. The lowest BCUT2D eigenvalue weighted by atomic mass is 9.93. The van der Waals surface area contributed by atoms with E-state index in [0.717, 1.165) is 29.0 Å². The number of carbonyl (C=O) groups excluding carboxylic acids is 1. The molecule has 0 spiro atoms. The molecule has 1 amide bonds. The molecule has 4 nitrogen and oxygen atoms in total. The van der Waals surface area contributed by atoms with Gasteiger partial charge in [0.1, 0.15) is 6.33 Å². The molecule has 0 fully saturated rings. The summed E-state index contributed by atoms with van der Waals surface area (Å²) in [6, 6.07) is 10.2. The van der Waals surface area contributed by atoms with Gasteiger partial charge in [-0.15, -0.1) is 0 Å². The molecule has 1 heterocycles. The molecular formula is C25H26F3N3O. The third-order valence-electron chi connectivity index (χ3n) is 4.83. The number of nitrogens with zero attached hydrogens (tertiary/aromatic N) is 2. The summed E-state index contributed by atoms with van der Waals surface area (Å²) in [6.45, 7) is 9.67. The molecule has 1 aromatic heterocycles. The first-order valence-corrected chi connectivity index (χ1v) is 10.3. The van der Waals surface area contributed by atoms with E-state index in [2.05, 4.69) is 15.3 Å². The fourth-order valence-electron chi connectivity index (χ4n) is 3.37. The van der Waals surface area contributed by atoms with Gasteiger partial charge in [0.2, 0.25) is 0 Å². The van der Waals surface area contributed by atoms with Crippen molar-refractivity contribution in [1.82, 2.24) is 15.3 Å². The topological polar surface area (TPSA) is 54.9 Å². The Bertz CT molecular complexity index is 1110. The number of benzene rings is 2. The summed E-state index contributed by atoms with van der Waals surface area (Å²) in [5, 5.41) is 2.94. The van der Waals surface area contributed by atoms with Crippen molar-refractivity contribution in [2.24, 2.45) is 0 Å². The van der Waals surface area contributed by atoms with Gasteiger partial charge >= 0.3 is 6.18 Å². The maximum absolute atomic E-state index is 13.0. The maximum Gasteiger partial charge on any atom is 0.416 e. The Kier molecular flexibility index (Phi) is 6.39. The molecule has 0 bridgehead atoms. The average molecular weight is 441 g/mol. The van der Waals surface area contributed by atoms with Crippen LogP contribution in [0.1, 0.15) is 62.2 Å². The number of nitrogens with one attached hydrogen (secondary N) is 1. The monoisotopic (exact) mass is 441 g/mol. The largest absolute Gasteiger partial charge is 0.416 e. The third-order valence-corrected chi connectivity index (χ3v) is 4.83. The van der Waals surface area contributed by atoms with Crippen LogP contribution in [0.25, 0.3) is 22.3 Å². The van der Waals surface area contributed by atoms with Crippen molar-refractivity contribution in [3.63, 3.8) is 0 Å². The van der Waals surface area contributed by atoms with Gasteiger partial charge in [0.15, 0.2) is 0 Å². The number of halogens is 3. The van der Waals surface area contributed by atoms with Crippen LogP contribution >= 0.6 is 0 Å². The first kappa shape index (κ1) is 23.4. The maximum atomic E-state index is 13.0. The Morgan fingerprint density at radius 2 is 1.56 bits per heavy atom. The molecule has 0 saturated heterocycles. The van der Waals surface area contributed by atoms with Gasteiger partial charge in [0.05, 0.1) is 11.3 Å². The minimum absolute atomic E-state index is 0.120. The Hall–Kier alpha value is -3.22. The van der Waals surface area contributed by atoms with E-state index in [1.54, 1.807) is 18.3 Å². The summed E-state index contributed by atoms with van der Waals surface area (Å²) in [5.74, 6) is -0.148. The predicted octanol–water partition coefficient (Wildman–Crippen LogP) is 6.48. The van der Waals surface area contributed by atoms with Crippen LogP contribution < -0.4 is 5.32 Å². The summed E-state index contributed by atoms with van der Waals surface area (Å²) in [5.41, 5.74) is 2.79. The van der Waals surface area contributed by atoms with E-state index in [4.69, 9.17) is 0 Å². The normalized spacial score (nSPS) is 12.2. The zero-order valence-electron chi connectivity index (χ0n) is 18.7. The van der Waals surface area contributed by atoms with Crippen LogP contribution in [0.3, 0.4) is 0 Å². The van der Waals surface area contributed by atoms with Gasteiger partial charge in [-0.2, -0.15) is 13.2 Å². The van der Waals surface area contributed by atoms with Crippen molar-refractivity contribution >= 4 is 5.91 Å². The van der Waals surface area contributed by atoms with Crippen molar-refractivity contribution < 1.29 is 18.0 Å². The number of aromatic nitrogens is 2. The Labute approximate surface area is 185 Å². The van der Waals surface area contributed by atoms with Crippen LogP contribution in [0.5, 0.6) is 0 Å². The second kappa shape index (κ2) is 8.73. The van der Waals surface area contributed by atoms with Crippen molar-refractivity contribution in [2.45, 2.75) is 52.3 Å². The van der Waals surface area contributed by atoms with Gasteiger partial charge in [-0.1, -0.05) is 26.0 Å². The summed E-state index contributed by atoms with van der Waals surface area (Å²) in [4.78, 5) is 21.5.